The van der Waals surface area contributed by atoms with Gasteiger partial charge >= 0.3 is 12.0 Å². The van der Waals surface area contributed by atoms with Gasteiger partial charge in [0.1, 0.15) is 12.4 Å². The summed E-state index contributed by atoms with van der Waals surface area (Å²) in [6.07, 6.45) is 0. The monoisotopic (exact) mass is 482 g/mol. The van der Waals surface area contributed by atoms with E-state index < -0.39 is 12.0 Å². The molecule has 0 atom stereocenters. The average Bonchev–Trinajstić information content (AvgIpc) is 2.79. The first kappa shape index (κ1) is 27.2. The molecule has 2 rings (SSSR count). The van der Waals surface area contributed by atoms with E-state index in [0.717, 1.165) is 16.8 Å². The molecule has 0 fully saturated rings. The summed E-state index contributed by atoms with van der Waals surface area (Å²) >= 11 is 0. The highest BCUT2D eigenvalue weighted by atomic mass is 16.5. The molecule has 0 aromatic heterocycles. The predicted octanol–water partition coefficient (Wildman–Crippen LogP) is 3.13. The zero-order valence-corrected chi connectivity index (χ0v) is 20.8. The van der Waals surface area contributed by atoms with Crippen molar-refractivity contribution in [1.29, 1.82) is 5.41 Å². The van der Waals surface area contributed by atoms with Crippen LogP contribution in [0.3, 0.4) is 0 Å². The summed E-state index contributed by atoms with van der Waals surface area (Å²) in [4.78, 5) is 38.5. The van der Waals surface area contributed by atoms with Crippen LogP contribution in [-0.2, 0) is 14.3 Å². The van der Waals surface area contributed by atoms with Crippen LogP contribution in [0.4, 0.5) is 21.9 Å². The molecule has 6 N–H and O–H groups in total. The first-order valence-electron chi connectivity index (χ1n) is 11.4. The normalized spacial score (nSPS) is 10.5. The molecule has 0 heterocycles. The van der Waals surface area contributed by atoms with Gasteiger partial charge in [0, 0.05) is 28.7 Å². The van der Waals surface area contributed by atoms with E-state index in [1.807, 2.05) is 39.8 Å². The molecule has 0 radical (unpaired) electrons. The zero-order valence-electron chi connectivity index (χ0n) is 20.8. The molecule has 0 aliphatic rings. The number of ether oxygens (including phenoxy) is 1. The van der Waals surface area contributed by atoms with Gasteiger partial charge in [-0.2, -0.15) is 0 Å². The second kappa shape index (κ2) is 12.4. The highest BCUT2D eigenvalue weighted by Gasteiger charge is 2.22. The molecule has 0 unspecified atom stereocenters. The average molecular weight is 483 g/mol. The van der Waals surface area contributed by atoms with E-state index in [9.17, 15) is 14.4 Å². The van der Waals surface area contributed by atoms with Gasteiger partial charge in [-0.1, -0.05) is 0 Å². The quantitative estimate of drug-likeness (QED) is 0.199. The summed E-state index contributed by atoms with van der Waals surface area (Å²) in [5.41, 5.74) is 9.69. The number of nitrogens with two attached hydrogens (primary N) is 1. The third-order valence-corrected chi connectivity index (χ3v) is 5.15. The summed E-state index contributed by atoms with van der Waals surface area (Å²) in [7, 11) is 0. The summed E-state index contributed by atoms with van der Waals surface area (Å²) in [5.74, 6) is -0.751. The highest BCUT2D eigenvalue weighted by Crippen LogP contribution is 2.29. The molecule has 0 aliphatic heterocycles. The van der Waals surface area contributed by atoms with E-state index >= 15 is 0 Å². The molecular weight excluding hydrogens is 448 g/mol. The van der Waals surface area contributed by atoms with Crippen molar-refractivity contribution in [2.24, 2.45) is 5.73 Å². The number of esters is 1. The number of carbonyl (C=O) groups is 3. The lowest BCUT2D eigenvalue weighted by Gasteiger charge is -2.29. The van der Waals surface area contributed by atoms with Gasteiger partial charge in [-0.05, 0) is 82.1 Å². The Kier molecular flexibility index (Phi) is 9.63. The molecule has 10 heteroatoms. The number of nitrogen functional groups attached to an aromatic ring is 1. The molecule has 0 aliphatic carbocycles. The highest BCUT2D eigenvalue weighted by molar-refractivity contribution is 5.98. The van der Waals surface area contributed by atoms with Crippen molar-refractivity contribution in [3.05, 3.63) is 53.1 Å². The number of nitrogens with zero attached hydrogens (tertiary/aromatic N) is 1. The fourth-order valence-corrected chi connectivity index (χ4v) is 3.41. The summed E-state index contributed by atoms with van der Waals surface area (Å²) < 4.78 is 4.87. The van der Waals surface area contributed by atoms with Crippen LogP contribution < -0.4 is 26.6 Å². The van der Waals surface area contributed by atoms with Gasteiger partial charge < -0.3 is 26.4 Å². The second-order valence-corrected chi connectivity index (χ2v) is 8.27. The molecule has 35 heavy (non-hydrogen) atoms. The Labute approximate surface area is 205 Å². The third-order valence-electron chi connectivity index (χ3n) is 5.15. The Hall–Kier alpha value is -4.08. The third kappa shape index (κ3) is 7.73. The van der Waals surface area contributed by atoms with Crippen LogP contribution in [-0.4, -0.2) is 49.5 Å². The smallest absolute Gasteiger partial charge is 0.325 e. The minimum absolute atomic E-state index is 0.0175. The van der Waals surface area contributed by atoms with Crippen LogP contribution in [0.15, 0.2) is 36.4 Å². The number of rotatable bonds is 10. The lowest BCUT2D eigenvalue weighted by molar-refractivity contribution is -0.141. The number of amides is 3. The number of benzene rings is 2. The van der Waals surface area contributed by atoms with Crippen molar-refractivity contribution >= 4 is 40.8 Å². The maximum Gasteiger partial charge on any atom is 0.325 e. The number of amidine groups is 1. The topological polar surface area (TPSA) is 150 Å². The second-order valence-electron chi connectivity index (χ2n) is 8.27. The van der Waals surface area contributed by atoms with Gasteiger partial charge in [0.15, 0.2) is 0 Å². The van der Waals surface area contributed by atoms with Crippen LogP contribution in [0.5, 0.6) is 0 Å². The number of nitrogens with one attached hydrogen (secondary N) is 4. The van der Waals surface area contributed by atoms with E-state index in [2.05, 4.69) is 16.0 Å². The zero-order chi connectivity index (χ0) is 26.1. The van der Waals surface area contributed by atoms with E-state index in [4.69, 9.17) is 15.9 Å². The standard InChI is InChI=1S/C25H34N6O4/c1-6-35-23(33)14-29-25(34)31(15(2)3)21-12-16(4)20(11-17(21)5)30-22(32)13-28-19-9-7-18(8-10-19)24(26)27/h7-12,15,28H,6,13-14H2,1-5H3,(H3,26,27)(H,29,34)(H,30,32). The number of carbonyl (C=O) groups excluding carboxylic acids is 3. The molecule has 0 spiro atoms. The van der Waals surface area contributed by atoms with Crippen LogP contribution >= 0.6 is 0 Å². The molecule has 0 bridgehead atoms. The summed E-state index contributed by atoms with van der Waals surface area (Å²) in [6, 6.07) is 9.99. The van der Waals surface area contributed by atoms with Gasteiger partial charge in [0.2, 0.25) is 5.91 Å². The van der Waals surface area contributed by atoms with Crippen molar-refractivity contribution in [2.45, 2.75) is 40.7 Å². The summed E-state index contributed by atoms with van der Waals surface area (Å²) in [5, 5.41) is 16.0. The largest absolute Gasteiger partial charge is 0.465 e. The molecule has 2 aromatic carbocycles. The first-order chi connectivity index (χ1) is 16.5. The lowest BCUT2D eigenvalue weighted by atomic mass is 10.1. The molecule has 2 aromatic rings. The number of hydrogen-bond acceptors (Lipinski definition) is 6. The Morgan fingerprint density at radius 2 is 1.71 bits per heavy atom. The van der Waals surface area contributed by atoms with Crippen molar-refractivity contribution in [3.63, 3.8) is 0 Å². The van der Waals surface area contributed by atoms with Crippen molar-refractivity contribution in [3.8, 4) is 0 Å². The maximum atomic E-state index is 12.8. The fourth-order valence-electron chi connectivity index (χ4n) is 3.41. The Morgan fingerprint density at radius 3 is 2.29 bits per heavy atom. The van der Waals surface area contributed by atoms with Gasteiger partial charge in [-0.15, -0.1) is 0 Å². The Bertz CT molecular complexity index is 1080. The van der Waals surface area contributed by atoms with Gasteiger partial charge in [0.25, 0.3) is 0 Å². The first-order valence-corrected chi connectivity index (χ1v) is 11.4. The molecular formula is C25H34N6O4. The molecule has 0 saturated carbocycles. The summed E-state index contributed by atoms with van der Waals surface area (Å²) in [6.45, 7) is 9.24. The number of hydrogen-bond donors (Lipinski definition) is 5. The van der Waals surface area contributed by atoms with E-state index in [1.165, 1.54) is 0 Å². The van der Waals surface area contributed by atoms with E-state index in [-0.39, 0.29) is 37.5 Å². The van der Waals surface area contributed by atoms with Crippen molar-refractivity contribution < 1.29 is 19.1 Å². The van der Waals surface area contributed by atoms with Gasteiger partial charge in [-0.3, -0.25) is 19.9 Å². The van der Waals surface area contributed by atoms with Crippen LogP contribution in [0, 0.1) is 19.3 Å². The molecule has 188 valence electrons. The SMILES string of the molecule is CCOC(=O)CNC(=O)N(c1cc(C)c(NC(=O)CNc2ccc(C(=N)N)cc2)cc1C)C(C)C. The van der Waals surface area contributed by atoms with E-state index in [0.29, 0.717) is 16.9 Å². The Morgan fingerprint density at radius 1 is 1.06 bits per heavy atom. The Balaban J connectivity index is 2.08. The van der Waals surface area contributed by atoms with Crippen molar-refractivity contribution in [2.75, 3.05) is 35.2 Å². The minimum Gasteiger partial charge on any atom is -0.465 e. The maximum absolute atomic E-state index is 12.8. The molecule has 3 amide bonds. The van der Waals surface area contributed by atoms with Crippen LogP contribution in [0.25, 0.3) is 0 Å². The predicted molar refractivity (Wildman–Crippen MR) is 138 cm³/mol. The van der Waals surface area contributed by atoms with Crippen molar-refractivity contribution in [1.82, 2.24) is 5.32 Å². The van der Waals surface area contributed by atoms with Crippen LogP contribution in [0.1, 0.15) is 37.5 Å². The van der Waals surface area contributed by atoms with E-state index in [1.54, 1.807) is 36.1 Å². The van der Waals surface area contributed by atoms with Crippen LogP contribution in [0.2, 0.25) is 0 Å². The number of anilines is 3. The lowest BCUT2D eigenvalue weighted by Crippen LogP contribution is -2.46. The molecule has 10 nitrogen and oxygen atoms in total. The number of urea groups is 1. The number of aryl methyl sites for hydroxylation is 2. The van der Waals surface area contributed by atoms with Gasteiger partial charge in [0.05, 0.1) is 13.2 Å². The minimum atomic E-state index is -0.501. The van der Waals surface area contributed by atoms with Gasteiger partial charge in [-0.25, -0.2) is 4.79 Å². The molecule has 0 saturated heterocycles. The fraction of sp³-hybridized carbons (Fsp3) is 0.360.